The van der Waals surface area contributed by atoms with Crippen molar-refractivity contribution in [2.75, 3.05) is 12.5 Å². The molecule has 0 unspecified atom stereocenters. The van der Waals surface area contributed by atoms with Gasteiger partial charge in [0.25, 0.3) is 5.56 Å². The molecular formula is C11H12BrN3O. The van der Waals surface area contributed by atoms with E-state index in [1.54, 1.807) is 13.1 Å². The van der Waals surface area contributed by atoms with Crippen LogP contribution in [0, 0.1) is 0 Å². The summed E-state index contributed by atoms with van der Waals surface area (Å²) in [6.07, 6.45) is 0.710. The lowest BCUT2D eigenvalue weighted by atomic mass is 10.2. The molecule has 5 heteroatoms. The van der Waals surface area contributed by atoms with Crippen LogP contribution in [-0.4, -0.2) is 16.7 Å². The largest absolute Gasteiger partial charge is 0.325 e. The zero-order chi connectivity index (χ0) is 11.7. The average Bonchev–Trinajstić information content (AvgIpc) is 2.29. The summed E-state index contributed by atoms with van der Waals surface area (Å²) >= 11 is 3.35. The highest BCUT2D eigenvalue weighted by atomic mass is 79.9. The highest BCUT2D eigenvalue weighted by Gasteiger charge is 2.08. The number of benzene rings is 1. The third-order valence-corrected chi connectivity index (χ3v) is 2.93. The number of aryl methyl sites for hydroxylation is 1. The van der Waals surface area contributed by atoms with E-state index in [2.05, 4.69) is 26.3 Å². The summed E-state index contributed by atoms with van der Waals surface area (Å²) in [5.41, 5.74) is 3.52. The van der Waals surface area contributed by atoms with Gasteiger partial charge in [-0.1, -0.05) is 22.9 Å². The molecule has 16 heavy (non-hydrogen) atoms. The lowest BCUT2D eigenvalue weighted by molar-refractivity contribution is 0.764. The van der Waals surface area contributed by atoms with Gasteiger partial charge in [0.05, 0.1) is 10.9 Å². The maximum atomic E-state index is 12.1. The van der Waals surface area contributed by atoms with Crippen LogP contribution in [0.2, 0.25) is 0 Å². The minimum absolute atomic E-state index is 0.0642. The predicted molar refractivity (Wildman–Crippen MR) is 68.4 cm³/mol. The van der Waals surface area contributed by atoms with Crippen molar-refractivity contribution < 1.29 is 0 Å². The second-order valence-electron chi connectivity index (χ2n) is 3.41. The summed E-state index contributed by atoms with van der Waals surface area (Å²) in [5, 5.41) is 0.612. The Morgan fingerprint density at radius 1 is 1.50 bits per heavy atom. The molecule has 0 radical (unpaired) electrons. The fourth-order valence-electron chi connectivity index (χ4n) is 1.67. The Bertz CT molecular complexity index is 592. The van der Waals surface area contributed by atoms with E-state index in [0.29, 0.717) is 11.8 Å². The van der Waals surface area contributed by atoms with Crippen molar-refractivity contribution in [2.24, 2.45) is 0 Å². The van der Waals surface area contributed by atoms with E-state index in [-0.39, 0.29) is 5.56 Å². The summed E-state index contributed by atoms with van der Waals surface area (Å²) in [5.74, 6) is 0.738. The molecule has 0 saturated heterocycles. The topological polar surface area (TPSA) is 46.9 Å². The van der Waals surface area contributed by atoms with Crippen LogP contribution in [0.3, 0.4) is 0 Å². The Morgan fingerprint density at radius 2 is 2.25 bits per heavy atom. The van der Waals surface area contributed by atoms with Gasteiger partial charge in [0.1, 0.15) is 5.82 Å². The van der Waals surface area contributed by atoms with Gasteiger partial charge in [0, 0.05) is 17.9 Å². The lowest BCUT2D eigenvalue weighted by Crippen LogP contribution is -2.30. The number of nitrogens with one attached hydrogen (secondary N) is 1. The highest BCUT2D eigenvalue weighted by Crippen LogP contribution is 2.15. The van der Waals surface area contributed by atoms with Crippen LogP contribution >= 0.6 is 15.9 Å². The van der Waals surface area contributed by atoms with Crippen molar-refractivity contribution >= 4 is 26.8 Å². The van der Waals surface area contributed by atoms with Crippen LogP contribution < -0.4 is 11.0 Å². The molecule has 0 aliphatic rings. The van der Waals surface area contributed by atoms with Crippen molar-refractivity contribution in [3.8, 4) is 0 Å². The highest BCUT2D eigenvalue weighted by molar-refractivity contribution is 9.10. The van der Waals surface area contributed by atoms with E-state index >= 15 is 0 Å². The molecule has 0 aliphatic heterocycles. The van der Waals surface area contributed by atoms with Gasteiger partial charge in [-0.25, -0.2) is 9.66 Å². The van der Waals surface area contributed by atoms with Gasteiger partial charge in [-0.05, 0) is 18.2 Å². The summed E-state index contributed by atoms with van der Waals surface area (Å²) in [4.78, 5) is 16.6. The fourth-order valence-corrected chi connectivity index (χ4v) is 2.03. The first-order chi connectivity index (χ1) is 7.67. The molecule has 1 aromatic carbocycles. The summed E-state index contributed by atoms with van der Waals surface area (Å²) < 4.78 is 2.36. The molecule has 2 rings (SSSR count). The number of hydrogen-bond acceptors (Lipinski definition) is 3. The van der Waals surface area contributed by atoms with Crippen molar-refractivity contribution in [3.05, 3.63) is 38.9 Å². The minimum atomic E-state index is -0.0642. The third kappa shape index (κ3) is 1.71. The quantitative estimate of drug-likeness (QED) is 0.915. The molecule has 0 spiro atoms. The fraction of sp³-hybridized carbons (Fsp3) is 0.273. The third-order valence-electron chi connectivity index (χ3n) is 2.44. The molecule has 0 atom stereocenters. The van der Waals surface area contributed by atoms with Gasteiger partial charge < -0.3 is 5.43 Å². The Hall–Kier alpha value is -1.36. The van der Waals surface area contributed by atoms with E-state index in [1.807, 2.05) is 19.1 Å². The van der Waals surface area contributed by atoms with Crippen molar-refractivity contribution in [3.63, 3.8) is 0 Å². The summed E-state index contributed by atoms with van der Waals surface area (Å²) in [6.45, 7) is 1.97. The zero-order valence-electron chi connectivity index (χ0n) is 9.12. The molecule has 0 fully saturated rings. The van der Waals surface area contributed by atoms with Gasteiger partial charge in [-0.3, -0.25) is 4.79 Å². The Labute approximate surface area is 101 Å². The van der Waals surface area contributed by atoms with Crippen LogP contribution in [0.1, 0.15) is 12.7 Å². The normalized spacial score (nSPS) is 10.7. The van der Waals surface area contributed by atoms with Gasteiger partial charge >= 0.3 is 0 Å². The standard InChI is InChI=1S/C11H12BrN3O/c1-3-10-14-9-5-4-7(12)6-8(9)11(16)15(10)13-2/h4-6,13H,3H2,1-2H3. The van der Waals surface area contributed by atoms with E-state index in [9.17, 15) is 4.79 Å². The number of halogens is 1. The van der Waals surface area contributed by atoms with Crippen LogP contribution in [0.5, 0.6) is 0 Å². The van der Waals surface area contributed by atoms with Gasteiger partial charge in [-0.15, -0.1) is 0 Å². The van der Waals surface area contributed by atoms with Gasteiger partial charge in [0.2, 0.25) is 0 Å². The molecule has 4 nitrogen and oxygen atoms in total. The molecular weight excluding hydrogens is 270 g/mol. The van der Waals surface area contributed by atoms with Crippen LogP contribution in [-0.2, 0) is 6.42 Å². The molecule has 1 N–H and O–H groups in total. The molecule has 1 heterocycles. The molecule has 0 amide bonds. The van der Waals surface area contributed by atoms with E-state index in [1.165, 1.54) is 4.68 Å². The first-order valence-electron chi connectivity index (χ1n) is 5.06. The molecule has 2 aromatic rings. The number of fused-ring (bicyclic) bond motifs is 1. The second kappa shape index (κ2) is 4.25. The van der Waals surface area contributed by atoms with E-state index < -0.39 is 0 Å². The zero-order valence-corrected chi connectivity index (χ0v) is 10.7. The van der Waals surface area contributed by atoms with E-state index in [4.69, 9.17) is 0 Å². The minimum Gasteiger partial charge on any atom is -0.325 e. The predicted octanol–water partition coefficient (Wildman–Crippen LogP) is 1.89. The second-order valence-corrected chi connectivity index (χ2v) is 4.32. The van der Waals surface area contributed by atoms with Crippen molar-refractivity contribution in [2.45, 2.75) is 13.3 Å². The smallest absolute Gasteiger partial charge is 0.279 e. The monoisotopic (exact) mass is 281 g/mol. The summed E-state index contributed by atoms with van der Waals surface area (Å²) in [7, 11) is 1.71. The Kier molecular flexibility index (Phi) is 2.96. The van der Waals surface area contributed by atoms with Gasteiger partial charge in [-0.2, -0.15) is 0 Å². The van der Waals surface area contributed by atoms with Crippen molar-refractivity contribution in [1.82, 2.24) is 9.66 Å². The maximum Gasteiger partial charge on any atom is 0.279 e. The number of rotatable bonds is 2. The number of hydrogen-bond donors (Lipinski definition) is 1. The first kappa shape index (κ1) is 11.1. The first-order valence-corrected chi connectivity index (χ1v) is 5.85. The Balaban J connectivity index is 2.88. The van der Waals surface area contributed by atoms with Crippen LogP contribution in [0.25, 0.3) is 10.9 Å². The maximum absolute atomic E-state index is 12.1. The van der Waals surface area contributed by atoms with E-state index in [0.717, 1.165) is 15.8 Å². The molecule has 1 aromatic heterocycles. The molecule has 0 saturated carbocycles. The van der Waals surface area contributed by atoms with Crippen molar-refractivity contribution in [1.29, 1.82) is 0 Å². The van der Waals surface area contributed by atoms with Gasteiger partial charge in [0.15, 0.2) is 0 Å². The molecule has 0 aliphatic carbocycles. The average molecular weight is 282 g/mol. The number of aromatic nitrogens is 2. The molecule has 0 bridgehead atoms. The van der Waals surface area contributed by atoms with Crippen LogP contribution in [0.15, 0.2) is 27.5 Å². The SMILES string of the molecule is CCc1nc2ccc(Br)cc2c(=O)n1NC. The number of nitrogens with zero attached hydrogens (tertiary/aromatic N) is 2. The Morgan fingerprint density at radius 3 is 2.88 bits per heavy atom. The summed E-state index contributed by atoms with van der Waals surface area (Å²) in [6, 6.07) is 5.52. The lowest BCUT2D eigenvalue weighted by Gasteiger charge is -2.11. The molecule has 84 valence electrons. The van der Waals surface area contributed by atoms with Crippen LogP contribution in [0.4, 0.5) is 0 Å².